The van der Waals surface area contributed by atoms with Crippen LogP contribution in [-0.2, 0) is 4.74 Å². The topological polar surface area (TPSA) is 81.4 Å². The highest BCUT2D eigenvalue weighted by Gasteiger charge is 2.18. The normalized spacial score (nSPS) is 10.4. The fourth-order valence-electron chi connectivity index (χ4n) is 2.04. The van der Waals surface area contributed by atoms with Gasteiger partial charge in [0, 0.05) is 11.6 Å². The van der Waals surface area contributed by atoms with Gasteiger partial charge in [-0.15, -0.1) is 0 Å². The van der Waals surface area contributed by atoms with Gasteiger partial charge in [-0.25, -0.2) is 9.78 Å². The molecule has 110 valence electrons. The molecule has 0 aliphatic carbocycles. The largest absolute Gasteiger partial charge is 0.465 e. The number of anilines is 1. The number of nitrogens with one attached hydrogen (secondary N) is 1. The Morgan fingerprint density at radius 1 is 1.18 bits per heavy atom. The number of ether oxygens (including phenoxy) is 1. The van der Waals surface area contributed by atoms with Gasteiger partial charge >= 0.3 is 5.97 Å². The van der Waals surface area contributed by atoms with Crippen molar-refractivity contribution < 1.29 is 18.7 Å². The Balaban J connectivity index is 1.90. The van der Waals surface area contributed by atoms with Crippen molar-refractivity contribution in [3.05, 3.63) is 60.0 Å². The van der Waals surface area contributed by atoms with Crippen LogP contribution in [0.4, 0.5) is 5.82 Å². The molecule has 0 saturated carbocycles. The summed E-state index contributed by atoms with van der Waals surface area (Å²) in [6.07, 6.45) is 1.47. The number of aromatic nitrogens is 1. The Labute approximate surface area is 125 Å². The number of nitrogens with zero attached hydrogens (tertiary/aromatic N) is 1. The van der Waals surface area contributed by atoms with Crippen molar-refractivity contribution in [1.82, 2.24) is 4.98 Å². The van der Waals surface area contributed by atoms with Crippen molar-refractivity contribution in [2.45, 2.75) is 0 Å². The summed E-state index contributed by atoms with van der Waals surface area (Å²) in [5, 5.41) is 3.38. The first-order valence-corrected chi connectivity index (χ1v) is 6.52. The summed E-state index contributed by atoms with van der Waals surface area (Å²) in [4.78, 5) is 27.9. The number of hydrogen-bond donors (Lipinski definition) is 1. The molecule has 1 N–H and O–H groups in total. The Hall–Kier alpha value is -3.15. The van der Waals surface area contributed by atoms with Gasteiger partial charge in [0.05, 0.1) is 7.11 Å². The third-order valence-corrected chi connectivity index (χ3v) is 3.09. The number of carbonyl (C=O) groups is 2. The molecule has 0 atom stereocenters. The monoisotopic (exact) mass is 296 g/mol. The number of para-hydroxylation sites is 1. The Kier molecular flexibility index (Phi) is 3.57. The number of hydrogen-bond acceptors (Lipinski definition) is 5. The van der Waals surface area contributed by atoms with E-state index in [1.54, 1.807) is 18.2 Å². The molecular weight excluding hydrogens is 284 g/mol. The van der Waals surface area contributed by atoms with Gasteiger partial charge in [0.2, 0.25) is 0 Å². The number of benzene rings is 1. The van der Waals surface area contributed by atoms with E-state index in [1.807, 2.05) is 18.2 Å². The van der Waals surface area contributed by atoms with Gasteiger partial charge in [-0.1, -0.05) is 18.2 Å². The zero-order valence-corrected chi connectivity index (χ0v) is 11.7. The van der Waals surface area contributed by atoms with E-state index >= 15 is 0 Å². The molecule has 3 rings (SSSR count). The van der Waals surface area contributed by atoms with Crippen LogP contribution in [0, 0.1) is 0 Å². The average molecular weight is 296 g/mol. The summed E-state index contributed by atoms with van der Waals surface area (Å²) in [5.74, 6) is -0.796. The van der Waals surface area contributed by atoms with Gasteiger partial charge in [-0.05, 0) is 24.3 Å². The molecule has 0 spiro atoms. The molecule has 0 radical (unpaired) electrons. The molecule has 6 heteroatoms. The van der Waals surface area contributed by atoms with Gasteiger partial charge in [0.1, 0.15) is 17.0 Å². The molecule has 1 amide bonds. The van der Waals surface area contributed by atoms with Crippen LogP contribution in [0.1, 0.15) is 20.9 Å². The van der Waals surface area contributed by atoms with Crippen LogP contribution >= 0.6 is 0 Å². The lowest BCUT2D eigenvalue weighted by atomic mass is 10.2. The van der Waals surface area contributed by atoms with E-state index in [1.165, 1.54) is 19.4 Å². The van der Waals surface area contributed by atoms with Crippen LogP contribution < -0.4 is 5.32 Å². The highest BCUT2D eigenvalue weighted by molar-refractivity contribution is 6.07. The molecule has 1 aromatic carbocycles. The predicted molar refractivity (Wildman–Crippen MR) is 79.7 cm³/mol. The Morgan fingerprint density at radius 2 is 2.00 bits per heavy atom. The minimum atomic E-state index is -0.576. The molecule has 0 bridgehead atoms. The van der Waals surface area contributed by atoms with Crippen LogP contribution in [0.25, 0.3) is 11.0 Å². The van der Waals surface area contributed by atoms with E-state index in [4.69, 9.17) is 4.42 Å². The van der Waals surface area contributed by atoms with Gasteiger partial charge in [0.15, 0.2) is 5.76 Å². The quantitative estimate of drug-likeness (QED) is 0.751. The second kappa shape index (κ2) is 5.69. The molecule has 3 aromatic rings. The van der Waals surface area contributed by atoms with E-state index < -0.39 is 11.9 Å². The first-order valence-electron chi connectivity index (χ1n) is 6.52. The number of carbonyl (C=O) groups excluding carboxylic acids is 2. The Bertz CT molecular complexity index is 821. The highest BCUT2D eigenvalue weighted by Crippen LogP contribution is 2.20. The van der Waals surface area contributed by atoms with Gasteiger partial charge < -0.3 is 14.5 Å². The standard InChI is InChI=1S/C16H12N2O4/c1-21-16(20)11-6-4-8-17-14(11)18-15(19)13-9-10-5-2-3-7-12(10)22-13/h2-9H,1H3,(H,17,18,19). The van der Waals surface area contributed by atoms with E-state index in [9.17, 15) is 9.59 Å². The highest BCUT2D eigenvalue weighted by atomic mass is 16.5. The number of rotatable bonds is 3. The van der Waals surface area contributed by atoms with Crippen LogP contribution in [0.3, 0.4) is 0 Å². The van der Waals surface area contributed by atoms with E-state index in [2.05, 4.69) is 15.0 Å². The number of amides is 1. The van der Waals surface area contributed by atoms with E-state index in [-0.39, 0.29) is 17.1 Å². The second-order valence-corrected chi connectivity index (χ2v) is 4.49. The molecule has 0 aliphatic rings. The molecule has 22 heavy (non-hydrogen) atoms. The molecule has 6 nitrogen and oxygen atoms in total. The smallest absolute Gasteiger partial charge is 0.341 e. The van der Waals surface area contributed by atoms with Crippen LogP contribution in [-0.4, -0.2) is 24.0 Å². The maximum atomic E-state index is 12.2. The SMILES string of the molecule is COC(=O)c1cccnc1NC(=O)c1cc2ccccc2o1. The maximum Gasteiger partial charge on any atom is 0.341 e. The van der Waals surface area contributed by atoms with Crippen molar-refractivity contribution in [2.75, 3.05) is 12.4 Å². The number of methoxy groups -OCH3 is 1. The van der Waals surface area contributed by atoms with Crippen molar-refractivity contribution in [3.8, 4) is 0 Å². The van der Waals surface area contributed by atoms with Crippen molar-refractivity contribution in [3.63, 3.8) is 0 Å². The predicted octanol–water partition coefficient (Wildman–Crippen LogP) is 2.87. The fraction of sp³-hybridized carbons (Fsp3) is 0.0625. The summed E-state index contributed by atoms with van der Waals surface area (Å²) in [6.45, 7) is 0. The van der Waals surface area contributed by atoms with Gasteiger partial charge in [-0.3, -0.25) is 4.79 Å². The number of pyridine rings is 1. The summed E-state index contributed by atoms with van der Waals surface area (Å²) in [6, 6.07) is 12.0. The number of fused-ring (bicyclic) bond motifs is 1. The first-order chi connectivity index (χ1) is 10.7. The summed E-state index contributed by atoms with van der Waals surface area (Å²) in [5.41, 5.74) is 0.788. The summed E-state index contributed by atoms with van der Waals surface area (Å²) in [7, 11) is 1.26. The first kappa shape index (κ1) is 13.8. The lowest BCUT2D eigenvalue weighted by Crippen LogP contribution is -2.16. The fourth-order valence-corrected chi connectivity index (χ4v) is 2.04. The average Bonchev–Trinajstić information content (AvgIpc) is 2.99. The number of furan rings is 1. The summed E-state index contributed by atoms with van der Waals surface area (Å²) >= 11 is 0. The summed E-state index contributed by atoms with van der Waals surface area (Å²) < 4.78 is 10.1. The molecule has 0 saturated heterocycles. The lowest BCUT2D eigenvalue weighted by molar-refractivity contribution is 0.0601. The maximum absolute atomic E-state index is 12.2. The lowest BCUT2D eigenvalue weighted by Gasteiger charge is -2.06. The van der Waals surface area contributed by atoms with Crippen molar-refractivity contribution in [1.29, 1.82) is 0 Å². The van der Waals surface area contributed by atoms with Crippen molar-refractivity contribution >= 4 is 28.7 Å². The molecule has 0 aliphatic heterocycles. The molecule has 2 aromatic heterocycles. The second-order valence-electron chi connectivity index (χ2n) is 4.49. The third-order valence-electron chi connectivity index (χ3n) is 3.09. The zero-order chi connectivity index (χ0) is 15.5. The molecule has 0 fully saturated rings. The van der Waals surface area contributed by atoms with Crippen LogP contribution in [0.15, 0.2) is 53.1 Å². The van der Waals surface area contributed by atoms with Crippen LogP contribution in [0.2, 0.25) is 0 Å². The van der Waals surface area contributed by atoms with E-state index in [0.717, 1.165) is 5.39 Å². The third kappa shape index (κ3) is 2.54. The van der Waals surface area contributed by atoms with Crippen molar-refractivity contribution in [2.24, 2.45) is 0 Å². The molecule has 2 heterocycles. The molecular formula is C16H12N2O4. The minimum Gasteiger partial charge on any atom is -0.465 e. The number of esters is 1. The zero-order valence-electron chi connectivity index (χ0n) is 11.7. The van der Waals surface area contributed by atoms with Gasteiger partial charge in [-0.2, -0.15) is 0 Å². The molecule has 0 unspecified atom stereocenters. The van der Waals surface area contributed by atoms with Gasteiger partial charge in [0.25, 0.3) is 5.91 Å². The Morgan fingerprint density at radius 3 is 2.77 bits per heavy atom. The van der Waals surface area contributed by atoms with E-state index in [0.29, 0.717) is 5.58 Å². The van der Waals surface area contributed by atoms with Crippen LogP contribution in [0.5, 0.6) is 0 Å². The minimum absolute atomic E-state index is 0.125.